The Morgan fingerprint density at radius 2 is 1.82 bits per heavy atom. The number of aliphatic carboxylic acids is 1. The largest absolute Gasteiger partial charge is 0.480 e. The first-order valence-electron chi connectivity index (χ1n) is 6.95. The van der Waals surface area contributed by atoms with Crippen LogP contribution in [0.4, 0.5) is 10.5 Å². The van der Waals surface area contributed by atoms with Crippen molar-refractivity contribution in [2.24, 2.45) is 0 Å². The summed E-state index contributed by atoms with van der Waals surface area (Å²) in [6.07, 6.45) is 0.234. The van der Waals surface area contributed by atoms with Crippen LogP contribution in [0.2, 0.25) is 0 Å². The smallest absolute Gasteiger partial charge is 0.326 e. The molecule has 0 bridgehead atoms. The molecule has 0 heterocycles. The first-order chi connectivity index (χ1) is 10.5. The molecule has 0 unspecified atom stereocenters. The fourth-order valence-electron chi connectivity index (χ4n) is 2.10. The molecule has 22 heavy (non-hydrogen) atoms. The van der Waals surface area contributed by atoms with Crippen LogP contribution in [0.5, 0.6) is 0 Å². The maximum atomic E-state index is 11.9. The molecule has 0 spiro atoms. The number of rotatable bonds is 5. The Labute approximate surface area is 129 Å². The number of carboxylic acid groups (broad SMARTS) is 1. The van der Waals surface area contributed by atoms with Gasteiger partial charge in [0.05, 0.1) is 0 Å². The third-order valence-electron chi connectivity index (χ3n) is 3.16. The van der Waals surface area contributed by atoms with Crippen molar-refractivity contribution in [3.8, 4) is 0 Å². The number of anilines is 1. The quantitative estimate of drug-likeness (QED) is 0.794. The van der Waals surface area contributed by atoms with Crippen LogP contribution in [-0.4, -0.2) is 23.1 Å². The molecule has 1 atom stereocenters. The summed E-state index contributed by atoms with van der Waals surface area (Å²) >= 11 is 0. The number of aryl methyl sites for hydroxylation is 1. The monoisotopic (exact) mass is 298 g/mol. The summed E-state index contributed by atoms with van der Waals surface area (Å²) in [4.78, 5) is 23.2. The number of carbonyl (C=O) groups is 2. The fraction of sp³-hybridized carbons (Fsp3) is 0.176. The molecule has 0 fully saturated rings. The normalized spacial score (nSPS) is 11.5. The molecular formula is C17H18N2O3. The highest BCUT2D eigenvalue weighted by Crippen LogP contribution is 2.09. The van der Waals surface area contributed by atoms with Crippen LogP contribution < -0.4 is 10.6 Å². The number of carbonyl (C=O) groups excluding carboxylic acids is 1. The molecule has 2 aromatic rings. The van der Waals surface area contributed by atoms with E-state index >= 15 is 0 Å². The van der Waals surface area contributed by atoms with Gasteiger partial charge in [0, 0.05) is 12.1 Å². The highest BCUT2D eigenvalue weighted by Gasteiger charge is 2.20. The average Bonchev–Trinajstić information content (AvgIpc) is 2.47. The number of benzene rings is 2. The second-order valence-electron chi connectivity index (χ2n) is 5.05. The standard InChI is InChI=1S/C17H18N2O3/c1-12-6-5-9-14(10-12)18-17(22)19-15(16(20)21)11-13-7-3-2-4-8-13/h2-10,15H,11H2,1H3,(H,20,21)(H2,18,19,22)/t15-/m0/s1. The maximum Gasteiger partial charge on any atom is 0.326 e. The minimum Gasteiger partial charge on any atom is -0.480 e. The number of hydrogen-bond donors (Lipinski definition) is 3. The van der Waals surface area contributed by atoms with E-state index in [4.69, 9.17) is 0 Å². The van der Waals surface area contributed by atoms with E-state index in [1.54, 1.807) is 6.07 Å². The van der Waals surface area contributed by atoms with Gasteiger partial charge in [0.1, 0.15) is 6.04 Å². The molecule has 3 N–H and O–H groups in total. The molecule has 2 amide bonds. The van der Waals surface area contributed by atoms with E-state index in [1.165, 1.54) is 0 Å². The third kappa shape index (κ3) is 4.63. The van der Waals surface area contributed by atoms with E-state index in [0.717, 1.165) is 11.1 Å². The van der Waals surface area contributed by atoms with Gasteiger partial charge in [-0.05, 0) is 30.2 Å². The zero-order chi connectivity index (χ0) is 15.9. The second kappa shape index (κ2) is 7.26. The zero-order valence-corrected chi connectivity index (χ0v) is 12.2. The van der Waals surface area contributed by atoms with Gasteiger partial charge >= 0.3 is 12.0 Å². The van der Waals surface area contributed by atoms with E-state index in [9.17, 15) is 14.7 Å². The number of urea groups is 1. The van der Waals surface area contributed by atoms with E-state index in [2.05, 4.69) is 10.6 Å². The summed E-state index contributed by atoms with van der Waals surface area (Å²) in [5, 5.41) is 14.4. The number of amides is 2. The van der Waals surface area contributed by atoms with Crippen LogP contribution in [-0.2, 0) is 11.2 Å². The molecule has 0 aliphatic heterocycles. The predicted octanol–water partition coefficient (Wildman–Crippen LogP) is 2.81. The lowest BCUT2D eigenvalue weighted by Gasteiger charge is -2.15. The Kier molecular flexibility index (Phi) is 5.14. The Morgan fingerprint density at radius 3 is 2.45 bits per heavy atom. The van der Waals surface area contributed by atoms with Crippen molar-refractivity contribution >= 4 is 17.7 Å². The molecule has 114 valence electrons. The SMILES string of the molecule is Cc1cccc(NC(=O)N[C@@H](Cc2ccccc2)C(=O)O)c1. The predicted molar refractivity (Wildman–Crippen MR) is 84.9 cm³/mol. The first-order valence-corrected chi connectivity index (χ1v) is 6.95. The number of carboxylic acids is 1. The highest BCUT2D eigenvalue weighted by molar-refractivity contribution is 5.92. The number of nitrogens with one attached hydrogen (secondary N) is 2. The Morgan fingerprint density at radius 1 is 1.09 bits per heavy atom. The van der Waals surface area contributed by atoms with Crippen molar-refractivity contribution in [2.45, 2.75) is 19.4 Å². The number of hydrogen-bond acceptors (Lipinski definition) is 2. The molecule has 2 rings (SSSR count). The van der Waals surface area contributed by atoms with E-state index in [0.29, 0.717) is 5.69 Å². The summed E-state index contributed by atoms with van der Waals surface area (Å²) in [5.74, 6) is -1.07. The van der Waals surface area contributed by atoms with Gasteiger partial charge in [0.15, 0.2) is 0 Å². The first kappa shape index (κ1) is 15.6. The van der Waals surface area contributed by atoms with Crippen molar-refractivity contribution < 1.29 is 14.7 Å². The van der Waals surface area contributed by atoms with Crippen LogP contribution in [0, 0.1) is 6.92 Å². The van der Waals surface area contributed by atoms with Crippen molar-refractivity contribution in [3.63, 3.8) is 0 Å². The summed E-state index contributed by atoms with van der Waals surface area (Å²) in [7, 11) is 0. The van der Waals surface area contributed by atoms with Crippen LogP contribution in [0.3, 0.4) is 0 Å². The molecule has 0 radical (unpaired) electrons. The summed E-state index contributed by atoms with van der Waals surface area (Å²) in [5.41, 5.74) is 2.49. The second-order valence-corrected chi connectivity index (χ2v) is 5.05. The van der Waals surface area contributed by atoms with Gasteiger partial charge in [-0.1, -0.05) is 42.5 Å². The summed E-state index contributed by atoms with van der Waals surface area (Å²) < 4.78 is 0. The Balaban J connectivity index is 1.98. The molecule has 0 aliphatic rings. The molecular weight excluding hydrogens is 280 g/mol. The lowest BCUT2D eigenvalue weighted by molar-refractivity contribution is -0.139. The van der Waals surface area contributed by atoms with Crippen LogP contribution in [0.25, 0.3) is 0 Å². The Bertz CT molecular complexity index is 656. The van der Waals surface area contributed by atoms with Crippen molar-refractivity contribution in [3.05, 3.63) is 65.7 Å². The van der Waals surface area contributed by atoms with E-state index in [1.807, 2.05) is 55.5 Å². The molecule has 0 saturated carbocycles. The van der Waals surface area contributed by atoms with E-state index < -0.39 is 18.0 Å². The molecule has 5 heteroatoms. The highest BCUT2D eigenvalue weighted by atomic mass is 16.4. The average molecular weight is 298 g/mol. The van der Waals surface area contributed by atoms with Gasteiger partial charge in [-0.25, -0.2) is 9.59 Å². The van der Waals surface area contributed by atoms with Crippen molar-refractivity contribution in [1.82, 2.24) is 5.32 Å². The fourth-order valence-corrected chi connectivity index (χ4v) is 2.10. The molecule has 0 saturated heterocycles. The molecule has 5 nitrogen and oxygen atoms in total. The van der Waals surface area contributed by atoms with Gasteiger partial charge < -0.3 is 15.7 Å². The lowest BCUT2D eigenvalue weighted by atomic mass is 10.1. The summed E-state index contributed by atoms with van der Waals surface area (Å²) in [6, 6.07) is 15.0. The topological polar surface area (TPSA) is 78.4 Å². The van der Waals surface area contributed by atoms with Crippen LogP contribution in [0.1, 0.15) is 11.1 Å². The lowest BCUT2D eigenvalue weighted by Crippen LogP contribution is -2.44. The van der Waals surface area contributed by atoms with Gasteiger partial charge in [-0.3, -0.25) is 0 Å². The third-order valence-corrected chi connectivity index (χ3v) is 3.16. The van der Waals surface area contributed by atoms with Crippen molar-refractivity contribution in [2.75, 3.05) is 5.32 Å². The maximum absolute atomic E-state index is 11.9. The molecule has 0 aromatic heterocycles. The molecule has 2 aromatic carbocycles. The minimum absolute atomic E-state index is 0.234. The van der Waals surface area contributed by atoms with Crippen molar-refractivity contribution in [1.29, 1.82) is 0 Å². The van der Waals surface area contributed by atoms with Crippen LogP contribution in [0.15, 0.2) is 54.6 Å². The van der Waals surface area contributed by atoms with E-state index in [-0.39, 0.29) is 6.42 Å². The minimum atomic E-state index is -1.07. The Hall–Kier alpha value is -2.82. The van der Waals surface area contributed by atoms with Gasteiger partial charge in [0.2, 0.25) is 0 Å². The molecule has 0 aliphatic carbocycles. The van der Waals surface area contributed by atoms with Crippen LogP contribution >= 0.6 is 0 Å². The van der Waals surface area contributed by atoms with Gasteiger partial charge in [0.25, 0.3) is 0 Å². The van der Waals surface area contributed by atoms with Gasteiger partial charge in [-0.15, -0.1) is 0 Å². The zero-order valence-electron chi connectivity index (χ0n) is 12.2. The van der Waals surface area contributed by atoms with Gasteiger partial charge in [-0.2, -0.15) is 0 Å². The summed E-state index contributed by atoms with van der Waals surface area (Å²) in [6.45, 7) is 1.92.